The zero-order chi connectivity index (χ0) is 20.5. The number of carboxylic acid groups (broad SMARTS) is 1. The van der Waals surface area contributed by atoms with Gasteiger partial charge in [-0.25, -0.2) is 9.07 Å². The summed E-state index contributed by atoms with van der Waals surface area (Å²) in [5.74, 6) is -1.34. The van der Waals surface area contributed by atoms with Crippen LogP contribution in [0.25, 0.3) is 5.69 Å². The van der Waals surface area contributed by atoms with E-state index in [4.69, 9.17) is 5.11 Å². The molecule has 0 spiro atoms. The number of carboxylic acids is 1. The number of nitrogens with zero attached hydrogens (tertiary/aromatic N) is 3. The Labute approximate surface area is 169 Å². The van der Waals surface area contributed by atoms with E-state index in [1.165, 1.54) is 6.07 Å². The van der Waals surface area contributed by atoms with E-state index in [0.29, 0.717) is 24.3 Å². The molecule has 1 saturated heterocycles. The molecule has 2 aliphatic rings. The second kappa shape index (κ2) is 7.97. The van der Waals surface area contributed by atoms with E-state index < -0.39 is 5.97 Å². The Balaban J connectivity index is 1.68. The third kappa shape index (κ3) is 3.78. The van der Waals surface area contributed by atoms with Crippen molar-refractivity contribution < 1.29 is 19.1 Å². The van der Waals surface area contributed by atoms with Crippen LogP contribution >= 0.6 is 0 Å². The number of likely N-dealkylation sites (tertiary alicyclic amines) is 1. The Morgan fingerprint density at radius 1 is 1.24 bits per heavy atom. The maximum Gasteiger partial charge on any atom is 0.303 e. The molecule has 29 heavy (non-hydrogen) atoms. The third-order valence-corrected chi connectivity index (χ3v) is 6.04. The highest BCUT2D eigenvalue weighted by Gasteiger charge is 2.34. The van der Waals surface area contributed by atoms with Gasteiger partial charge < -0.3 is 10.0 Å². The fourth-order valence-electron chi connectivity index (χ4n) is 4.59. The molecule has 1 atom stereocenters. The molecule has 0 bridgehead atoms. The molecular formula is C22H26FN3O3. The summed E-state index contributed by atoms with van der Waals surface area (Å²) < 4.78 is 16.2. The number of piperidine rings is 1. The zero-order valence-corrected chi connectivity index (χ0v) is 16.7. The fraction of sp³-hybridized carbons (Fsp3) is 0.500. The van der Waals surface area contributed by atoms with Crippen molar-refractivity contribution in [2.45, 2.75) is 64.3 Å². The van der Waals surface area contributed by atoms with Crippen LogP contribution in [0.15, 0.2) is 18.2 Å². The van der Waals surface area contributed by atoms with E-state index in [1.54, 1.807) is 15.6 Å². The molecular weight excluding hydrogens is 373 g/mol. The van der Waals surface area contributed by atoms with Crippen molar-refractivity contribution in [3.8, 4) is 5.69 Å². The first-order chi connectivity index (χ1) is 14.0. The standard InChI is InChI=1S/C22H26FN3O3/c1-14-8-10-19(17(23)13-14)26-18-7-4-6-16(18)21(24-26)22(29)25-12-3-2-5-15(25)9-11-20(27)28/h8,10,13,15H,2-7,9,11-12H2,1H3,(H,27,28). The second-order valence-corrected chi connectivity index (χ2v) is 8.07. The Morgan fingerprint density at radius 2 is 2.07 bits per heavy atom. The van der Waals surface area contributed by atoms with Crippen LogP contribution in [0, 0.1) is 12.7 Å². The number of halogens is 1. The minimum Gasteiger partial charge on any atom is -0.481 e. The van der Waals surface area contributed by atoms with Gasteiger partial charge in [-0.3, -0.25) is 9.59 Å². The largest absolute Gasteiger partial charge is 0.481 e. The predicted molar refractivity (Wildman–Crippen MR) is 106 cm³/mol. The number of hydrogen-bond acceptors (Lipinski definition) is 3. The zero-order valence-electron chi connectivity index (χ0n) is 16.7. The maximum absolute atomic E-state index is 14.6. The van der Waals surface area contributed by atoms with Gasteiger partial charge in [-0.15, -0.1) is 0 Å². The minimum absolute atomic E-state index is 0.0512. The van der Waals surface area contributed by atoms with Gasteiger partial charge in [0.1, 0.15) is 11.5 Å². The van der Waals surface area contributed by atoms with E-state index >= 15 is 0 Å². The number of aromatic nitrogens is 2. The summed E-state index contributed by atoms with van der Waals surface area (Å²) in [7, 11) is 0. The van der Waals surface area contributed by atoms with Crippen molar-refractivity contribution in [2.24, 2.45) is 0 Å². The molecule has 1 aliphatic carbocycles. The number of rotatable bonds is 5. The first-order valence-electron chi connectivity index (χ1n) is 10.4. The summed E-state index contributed by atoms with van der Waals surface area (Å²) >= 11 is 0. The number of hydrogen-bond donors (Lipinski definition) is 1. The van der Waals surface area contributed by atoms with E-state index in [-0.39, 0.29) is 24.2 Å². The van der Waals surface area contributed by atoms with Crippen molar-refractivity contribution in [3.05, 3.63) is 46.5 Å². The van der Waals surface area contributed by atoms with Gasteiger partial charge >= 0.3 is 5.97 Å². The van der Waals surface area contributed by atoms with Gasteiger partial charge in [0.2, 0.25) is 0 Å². The quantitative estimate of drug-likeness (QED) is 0.832. The smallest absolute Gasteiger partial charge is 0.303 e. The monoisotopic (exact) mass is 399 g/mol. The molecule has 6 nitrogen and oxygen atoms in total. The Kier molecular flexibility index (Phi) is 5.39. The molecule has 7 heteroatoms. The SMILES string of the molecule is Cc1ccc(-n2nc(C(=O)N3CCCCC3CCC(=O)O)c3c2CCC3)c(F)c1. The lowest BCUT2D eigenvalue weighted by Gasteiger charge is -2.35. The lowest BCUT2D eigenvalue weighted by Crippen LogP contribution is -2.44. The number of carbonyl (C=O) groups is 2. The minimum atomic E-state index is -0.844. The van der Waals surface area contributed by atoms with E-state index in [9.17, 15) is 14.0 Å². The van der Waals surface area contributed by atoms with E-state index in [1.807, 2.05) is 13.0 Å². The third-order valence-electron chi connectivity index (χ3n) is 6.04. The number of fused-ring (bicyclic) bond motifs is 1. The van der Waals surface area contributed by atoms with Crippen LogP contribution < -0.4 is 0 Å². The highest BCUT2D eigenvalue weighted by Crippen LogP contribution is 2.31. The van der Waals surface area contributed by atoms with Gasteiger partial charge in [-0.05, 0) is 69.6 Å². The van der Waals surface area contributed by atoms with E-state index in [2.05, 4.69) is 5.10 Å². The van der Waals surface area contributed by atoms with Crippen molar-refractivity contribution in [1.29, 1.82) is 0 Å². The van der Waals surface area contributed by atoms with Crippen LogP contribution in [0.1, 0.15) is 65.8 Å². The van der Waals surface area contributed by atoms with Gasteiger partial charge in [0.15, 0.2) is 5.69 Å². The lowest BCUT2D eigenvalue weighted by molar-refractivity contribution is -0.137. The number of aliphatic carboxylic acids is 1. The summed E-state index contributed by atoms with van der Waals surface area (Å²) in [4.78, 5) is 26.2. The molecule has 1 aliphatic heterocycles. The van der Waals surface area contributed by atoms with Crippen LogP contribution in [-0.2, 0) is 17.6 Å². The fourth-order valence-corrected chi connectivity index (χ4v) is 4.59. The molecule has 1 amide bonds. The van der Waals surface area contributed by atoms with Gasteiger partial charge in [-0.2, -0.15) is 5.10 Å². The molecule has 4 rings (SSSR count). The molecule has 1 aromatic carbocycles. The van der Waals surface area contributed by atoms with Crippen LogP contribution in [0.2, 0.25) is 0 Å². The van der Waals surface area contributed by atoms with Crippen molar-refractivity contribution in [3.63, 3.8) is 0 Å². The number of carbonyl (C=O) groups excluding carboxylic acids is 1. The first-order valence-corrected chi connectivity index (χ1v) is 10.4. The summed E-state index contributed by atoms with van der Waals surface area (Å²) in [6.07, 6.45) is 5.67. The number of amides is 1. The molecule has 154 valence electrons. The molecule has 1 fully saturated rings. The van der Waals surface area contributed by atoms with Crippen LogP contribution in [-0.4, -0.2) is 44.3 Å². The average Bonchev–Trinajstić information content (AvgIpc) is 3.29. The summed E-state index contributed by atoms with van der Waals surface area (Å²) in [6.45, 7) is 2.45. The van der Waals surface area contributed by atoms with Gasteiger partial charge in [-0.1, -0.05) is 6.07 Å². The molecule has 2 aromatic rings. The molecule has 0 saturated carbocycles. The highest BCUT2D eigenvalue weighted by molar-refractivity contribution is 5.94. The van der Waals surface area contributed by atoms with E-state index in [0.717, 1.165) is 55.3 Å². The number of benzene rings is 1. The summed E-state index contributed by atoms with van der Waals surface area (Å²) in [5, 5.41) is 13.6. The second-order valence-electron chi connectivity index (χ2n) is 8.07. The first kappa shape index (κ1) is 19.6. The van der Waals surface area contributed by atoms with Gasteiger partial charge in [0.05, 0.1) is 0 Å². The van der Waals surface area contributed by atoms with Crippen molar-refractivity contribution in [2.75, 3.05) is 6.54 Å². The summed E-state index contributed by atoms with van der Waals surface area (Å²) in [5.41, 5.74) is 3.43. The average molecular weight is 399 g/mol. The van der Waals surface area contributed by atoms with Crippen LogP contribution in [0.5, 0.6) is 0 Å². The molecule has 0 radical (unpaired) electrons. The van der Waals surface area contributed by atoms with Gasteiger partial charge in [0.25, 0.3) is 5.91 Å². The molecule has 2 heterocycles. The van der Waals surface area contributed by atoms with Crippen LogP contribution in [0.3, 0.4) is 0 Å². The molecule has 1 N–H and O–H groups in total. The molecule has 1 unspecified atom stereocenters. The van der Waals surface area contributed by atoms with Gasteiger partial charge in [0, 0.05) is 30.3 Å². The Bertz CT molecular complexity index is 953. The maximum atomic E-state index is 14.6. The Hall–Kier alpha value is -2.70. The normalized spacial score (nSPS) is 18.7. The highest BCUT2D eigenvalue weighted by atomic mass is 19.1. The van der Waals surface area contributed by atoms with Crippen molar-refractivity contribution in [1.82, 2.24) is 14.7 Å². The van der Waals surface area contributed by atoms with Crippen molar-refractivity contribution >= 4 is 11.9 Å². The number of aryl methyl sites for hydroxylation is 1. The topological polar surface area (TPSA) is 75.4 Å². The Morgan fingerprint density at radius 3 is 2.83 bits per heavy atom. The summed E-state index contributed by atoms with van der Waals surface area (Å²) in [6, 6.07) is 4.95. The molecule has 1 aromatic heterocycles. The lowest BCUT2D eigenvalue weighted by atomic mass is 9.97. The van der Waals surface area contributed by atoms with Crippen LogP contribution in [0.4, 0.5) is 4.39 Å². The predicted octanol–water partition coefficient (Wildman–Crippen LogP) is 3.67.